The van der Waals surface area contributed by atoms with Crippen LogP contribution in [0.25, 0.3) is 22.2 Å². The highest BCUT2D eigenvalue weighted by atomic mass is 32.2. The summed E-state index contributed by atoms with van der Waals surface area (Å²) in [5.41, 5.74) is 2.55. The van der Waals surface area contributed by atoms with Crippen LogP contribution in [0.4, 0.5) is 30.4 Å². The highest BCUT2D eigenvalue weighted by molar-refractivity contribution is 7.90. The largest absolute Gasteiger partial charge is 0.496 e. The first-order chi connectivity index (χ1) is 33.2. The van der Waals surface area contributed by atoms with Crippen molar-refractivity contribution in [3.63, 3.8) is 0 Å². The molecule has 6 aliphatic heterocycles. The number of amides is 3. The van der Waals surface area contributed by atoms with Gasteiger partial charge in [0.1, 0.15) is 35.2 Å². The maximum absolute atomic E-state index is 15.8. The van der Waals surface area contributed by atoms with Crippen LogP contribution in [0.5, 0.6) is 5.75 Å². The summed E-state index contributed by atoms with van der Waals surface area (Å²) in [5.74, 6) is -2.69. The van der Waals surface area contributed by atoms with Crippen LogP contribution in [-0.2, 0) is 26.3 Å². The first-order valence-electron chi connectivity index (χ1n) is 23.1. The minimum Gasteiger partial charge on any atom is -0.496 e. The van der Waals surface area contributed by atoms with Crippen molar-refractivity contribution < 1.29 is 45.5 Å². The molecule has 0 bridgehead atoms. The molecule has 6 aliphatic rings. The fourth-order valence-corrected chi connectivity index (χ4v) is 12.3. The average molecular weight is 967 g/mol. The number of alkyl halides is 1. The zero-order valence-electron chi connectivity index (χ0n) is 37.6. The number of anilines is 3. The summed E-state index contributed by atoms with van der Waals surface area (Å²) >= 11 is 0. The Morgan fingerprint density at radius 2 is 1.71 bits per heavy atom. The number of ether oxygens (including phenoxy) is 1. The van der Waals surface area contributed by atoms with Gasteiger partial charge in [-0.25, -0.2) is 23.1 Å². The number of likely N-dealkylation sites (tertiary alicyclic amines) is 1. The lowest BCUT2D eigenvalue weighted by atomic mass is 9.72. The van der Waals surface area contributed by atoms with E-state index in [1.807, 2.05) is 29.0 Å². The summed E-state index contributed by atoms with van der Waals surface area (Å²) in [4.78, 5) is 72.3. The number of fused-ring (bicyclic) bond motifs is 2. The Balaban J connectivity index is 0.677. The van der Waals surface area contributed by atoms with Crippen LogP contribution in [0.15, 0.2) is 61.1 Å². The molecule has 69 heavy (non-hydrogen) atoms. The smallest absolute Gasteiger partial charge is 0.301 e. The zero-order valence-corrected chi connectivity index (χ0v) is 38.5. The van der Waals surface area contributed by atoms with Gasteiger partial charge < -0.3 is 29.3 Å². The van der Waals surface area contributed by atoms with Gasteiger partial charge in [-0.15, -0.1) is 0 Å². The third-order valence-electron chi connectivity index (χ3n) is 14.6. The highest BCUT2D eigenvalue weighted by Gasteiger charge is 2.52. The molecule has 0 saturated carbocycles. The van der Waals surface area contributed by atoms with E-state index in [-0.39, 0.29) is 42.2 Å². The minimum atomic E-state index is -4.36. The molecule has 2 atom stereocenters. The van der Waals surface area contributed by atoms with Gasteiger partial charge in [-0.2, -0.15) is 12.7 Å². The molecule has 21 heteroatoms. The number of methoxy groups -OCH3 is 1. The SMILES string of the molecule is COc1cc(N2CC3(CN(CC4CCN(c5ccc(-c6cnc7[nH]cc(C(=O)c8c(F)ccc(NS(=O)(=O)N9CC[C@@H](F)C9)c8F)c7c6)cn5)CC4)C3)C2)cc2c1C(=O)N(C1CCC(=O)NC1=O)C2. The second kappa shape index (κ2) is 17.1. The maximum atomic E-state index is 15.8. The Kier molecular flexibility index (Phi) is 11.1. The zero-order chi connectivity index (χ0) is 47.9. The Morgan fingerprint density at radius 1 is 0.928 bits per heavy atom. The lowest BCUT2D eigenvalue weighted by Gasteiger charge is -2.61. The normalized spacial score (nSPS) is 22.0. The summed E-state index contributed by atoms with van der Waals surface area (Å²) in [6.45, 7) is 6.46. The molecule has 3 amide bonds. The predicted molar refractivity (Wildman–Crippen MR) is 248 cm³/mol. The van der Waals surface area contributed by atoms with E-state index < -0.39 is 63.5 Å². The van der Waals surface area contributed by atoms with Crippen LogP contribution in [0.3, 0.4) is 0 Å². The number of rotatable bonds is 12. The number of aromatic amines is 1. The number of pyridine rings is 2. The molecule has 1 unspecified atom stereocenters. The van der Waals surface area contributed by atoms with Crippen molar-refractivity contribution >= 4 is 61.9 Å². The Hall–Kier alpha value is -6.58. The Bertz CT molecular complexity index is 3040. The van der Waals surface area contributed by atoms with Crippen LogP contribution in [-0.4, -0.2) is 139 Å². The van der Waals surface area contributed by atoms with Gasteiger partial charge in [0.2, 0.25) is 17.6 Å². The van der Waals surface area contributed by atoms with Gasteiger partial charge in [-0.3, -0.25) is 29.2 Å². The Labute approximate surface area is 395 Å². The molecule has 360 valence electrons. The maximum Gasteiger partial charge on any atom is 0.301 e. The molecule has 5 saturated heterocycles. The predicted octanol–water partition coefficient (Wildman–Crippen LogP) is 4.64. The van der Waals surface area contributed by atoms with Gasteiger partial charge in [0.15, 0.2) is 5.82 Å². The van der Waals surface area contributed by atoms with Gasteiger partial charge in [0.25, 0.3) is 5.91 Å². The molecule has 17 nitrogen and oxygen atoms in total. The van der Waals surface area contributed by atoms with E-state index in [9.17, 15) is 32.0 Å². The fraction of sp³-hybridized carbons (Fsp3) is 0.417. The highest BCUT2D eigenvalue weighted by Crippen LogP contribution is 2.45. The molecule has 0 radical (unpaired) electrons. The van der Waals surface area contributed by atoms with Gasteiger partial charge in [0, 0.05) is 130 Å². The number of aromatic nitrogens is 3. The van der Waals surface area contributed by atoms with Crippen LogP contribution in [0.2, 0.25) is 0 Å². The molecule has 5 aromatic rings. The number of nitrogens with zero attached hydrogens (tertiary/aromatic N) is 7. The quantitative estimate of drug-likeness (QED) is 0.116. The van der Waals surface area contributed by atoms with Crippen molar-refractivity contribution in [2.75, 3.05) is 80.5 Å². The van der Waals surface area contributed by atoms with E-state index in [2.05, 4.69) is 30.0 Å². The number of carbonyl (C=O) groups excluding carboxylic acids is 4. The number of H-pyrrole nitrogens is 1. The lowest BCUT2D eigenvalue weighted by Crippen LogP contribution is -2.72. The number of halogens is 3. The van der Waals surface area contributed by atoms with E-state index in [1.165, 1.54) is 6.20 Å². The van der Waals surface area contributed by atoms with E-state index in [4.69, 9.17) is 9.72 Å². The Morgan fingerprint density at radius 3 is 2.42 bits per heavy atom. The number of hydrogen-bond donors (Lipinski definition) is 3. The average Bonchev–Trinajstić information content (AvgIpc) is 4.04. The molecule has 2 aromatic carbocycles. The van der Waals surface area contributed by atoms with Crippen LogP contribution >= 0.6 is 0 Å². The van der Waals surface area contributed by atoms with E-state index in [0.717, 1.165) is 97.7 Å². The van der Waals surface area contributed by atoms with E-state index >= 15 is 8.78 Å². The molecule has 0 aliphatic carbocycles. The van der Waals surface area contributed by atoms with Gasteiger partial charge >= 0.3 is 10.2 Å². The van der Waals surface area contributed by atoms with Crippen molar-refractivity contribution in [2.24, 2.45) is 11.3 Å². The number of carbonyl (C=O) groups is 4. The number of benzene rings is 2. The number of imide groups is 1. The number of hydrogen-bond acceptors (Lipinski definition) is 12. The molecule has 3 aromatic heterocycles. The van der Waals surface area contributed by atoms with Crippen LogP contribution in [0.1, 0.15) is 63.9 Å². The summed E-state index contributed by atoms with van der Waals surface area (Å²) in [5, 5.41) is 2.67. The molecule has 11 rings (SSSR count). The second-order valence-corrected chi connectivity index (χ2v) is 20.9. The number of piperidine rings is 2. The summed E-state index contributed by atoms with van der Waals surface area (Å²) in [7, 11) is -2.81. The first-order valence-corrected chi connectivity index (χ1v) is 24.6. The van der Waals surface area contributed by atoms with Crippen molar-refractivity contribution in [2.45, 2.75) is 50.9 Å². The number of ketones is 1. The molecule has 1 spiro atoms. The number of nitrogens with one attached hydrogen (secondary N) is 3. The third-order valence-corrected chi connectivity index (χ3v) is 16.1. The fourth-order valence-electron chi connectivity index (χ4n) is 11.1. The van der Waals surface area contributed by atoms with Crippen molar-refractivity contribution in [3.05, 3.63) is 94.9 Å². The topological polar surface area (TPSA) is 193 Å². The lowest BCUT2D eigenvalue weighted by molar-refractivity contribution is -0.136. The summed E-state index contributed by atoms with van der Waals surface area (Å²) in [6, 6.07) is 10.5. The summed E-state index contributed by atoms with van der Waals surface area (Å²) < 4.78 is 78.8. The minimum absolute atomic E-state index is 0.000886. The standard InChI is InChI=1S/C48H49F3N10O7S/c1-68-38-16-32(14-30-21-61(47(65)41(30)38)37-5-7-40(62)55-46(37)64)59-25-48(26-59)23-57(24-48)20-27-8-11-58(12-9-27)39-6-2-28(17-52-39)29-15-33-34(19-54-45(33)53-18-29)44(63)42-35(50)3-4-36(43(42)51)56-69(66,67)60-13-10-31(49)22-60/h2-4,6,14-19,27,31,37,56H,5,7-13,20-26H2,1H3,(H,53,54)(H,55,62,64)/t31-,37?/m1/s1. The van der Waals surface area contributed by atoms with Gasteiger partial charge in [0.05, 0.1) is 23.9 Å². The molecular weight excluding hydrogens is 918 g/mol. The van der Waals surface area contributed by atoms with Gasteiger partial charge in [-0.1, -0.05) is 0 Å². The van der Waals surface area contributed by atoms with Crippen molar-refractivity contribution in [3.8, 4) is 16.9 Å². The van der Waals surface area contributed by atoms with Crippen molar-refractivity contribution in [1.82, 2.24) is 34.4 Å². The molecule has 9 heterocycles. The van der Waals surface area contributed by atoms with Crippen molar-refractivity contribution in [1.29, 1.82) is 0 Å². The van der Waals surface area contributed by atoms with Crippen LogP contribution in [0, 0.1) is 23.0 Å². The molecular formula is C48H49F3N10O7S. The second-order valence-electron chi connectivity index (χ2n) is 19.2. The monoisotopic (exact) mass is 966 g/mol. The molecule has 5 fully saturated rings. The van der Waals surface area contributed by atoms with Gasteiger partial charge in [-0.05, 0) is 73.6 Å². The van der Waals surface area contributed by atoms with Crippen LogP contribution < -0.4 is 24.6 Å². The summed E-state index contributed by atoms with van der Waals surface area (Å²) in [6.07, 6.45) is 5.86. The molecule has 3 N–H and O–H groups in total. The van der Waals surface area contributed by atoms with E-state index in [0.29, 0.717) is 46.8 Å². The van der Waals surface area contributed by atoms with E-state index in [1.54, 1.807) is 30.5 Å². The first kappa shape index (κ1) is 44.9. The third kappa shape index (κ3) is 8.12.